The minimum Gasteiger partial charge on any atom is -0.344 e. The van der Waals surface area contributed by atoms with Gasteiger partial charge >= 0.3 is 0 Å². The van der Waals surface area contributed by atoms with Crippen LogP contribution in [0.15, 0.2) is 0 Å². The van der Waals surface area contributed by atoms with Crippen molar-refractivity contribution in [2.45, 2.75) is 51.0 Å². The van der Waals surface area contributed by atoms with Crippen molar-refractivity contribution in [3.8, 4) is 0 Å². The first-order valence-corrected chi connectivity index (χ1v) is 7.35. The lowest BCUT2D eigenvalue weighted by Gasteiger charge is -2.31. The zero-order valence-corrected chi connectivity index (χ0v) is 11.8. The summed E-state index contributed by atoms with van der Waals surface area (Å²) in [6.45, 7) is 1.11. The van der Waals surface area contributed by atoms with Crippen LogP contribution in [0.3, 0.4) is 0 Å². The van der Waals surface area contributed by atoms with E-state index in [-0.39, 0.29) is 17.9 Å². The molecule has 1 saturated heterocycles. The van der Waals surface area contributed by atoms with Crippen molar-refractivity contribution < 1.29 is 9.59 Å². The van der Waals surface area contributed by atoms with Gasteiger partial charge in [0.1, 0.15) is 6.04 Å². The van der Waals surface area contributed by atoms with E-state index in [0.29, 0.717) is 13.0 Å². The largest absolute Gasteiger partial charge is 0.344 e. The van der Waals surface area contributed by atoms with Crippen LogP contribution in [-0.2, 0) is 9.59 Å². The smallest absolute Gasteiger partial charge is 0.244 e. The molecule has 0 bridgehead atoms. The average molecular weight is 267 g/mol. The van der Waals surface area contributed by atoms with Crippen LogP contribution in [0.25, 0.3) is 0 Å². The first-order valence-electron chi connectivity index (χ1n) is 7.35. The molecule has 5 nitrogen and oxygen atoms in total. The molecule has 2 aliphatic rings. The van der Waals surface area contributed by atoms with Crippen LogP contribution in [-0.4, -0.2) is 42.9 Å². The number of carbonyl (C=O) groups is 2. The Morgan fingerprint density at radius 3 is 2.47 bits per heavy atom. The Labute approximate surface area is 114 Å². The van der Waals surface area contributed by atoms with Gasteiger partial charge in [-0.1, -0.05) is 25.7 Å². The van der Waals surface area contributed by atoms with E-state index in [0.717, 1.165) is 32.2 Å². The Morgan fingerprint density at radius 1 is 1.37 bits per heavy atom. The topological polar surface area (TPSA) is 75.4 Å². The van der Waals surface area contributed by atoms with Crippen molar-refractivity contribution in [3.05, 3.63) is 0 Å². The van der Waals surface area contributed by atoms with E-state index < -0.39 is 5.41 Å². The summed E-state index contributed by atoms with van der Waals surface area (Å²) in [4.78, 5) is 26.1. The number of carbonyl (C=O) groups excluding carboxylic acids is 2. The predicted octanol–water partition coefficient (Wildman–Crippen LogP) is 0.633. The quantitative estimate of drug-likeness (QED) is 0.737. The number of rotatable bonds is 3. The maximum atomic E-state index is 12.6. The fourth-order valence-corrected chi connectivity index (χ4v) is 3.20. The van der Waals surface area contributed by atoms with Crippen LogP contribution >= 0.6 is 0 Å². The summed E-state index contributed by atoms with van der Waals surface area (Å²) in [5.74, 6) is 0.0136. The summed E-state index contributed by atoms with van der Waals surface area (Å²) < 4.78 is 0. The lowest BCUT2D eigenvalue weighted by molar-refractivity contribution is -0.136. The Balaban J connectivity index is 2.02. The van der Waals surface area contributed by atoms with Crippen LogP contribution in [0.5, 0.6) is 0 Å². The molecule has 1 aliphatic heterocycles. The van der Waals surface area contributed by atoms with Crippen LogP contribution in [0, 0.1) is 5.41 Å². The Bertz CT molecular complexity index is 349. The summed E-state index contributed by atoms with van der Waals surface area (Å²) in [5, 5.41) is 2.94. The van der Waals surface area contributed by atoms with Crippen LogP contribution in [0.4, 0.5) is 0 Å². The van der Waals surface area contributed by atoms with Gasteiger partial charge in [0.15, 0.2) is 0 Å². The molecule has 3 N–H and O–H groups in total. The summed E-state index contributed by atoms with van der Waals surface area (Å²) in [6.07, 6.45) is 6.90. The molecule has 0 aromatic rings. The molecular weight excluding hydrogens is 242 g/mol. The van der Waals surface area contributed by atoms with Gasteiger partial charge in [-0.2, -0.15) is 0 Å². The minimum atomic E-state index is -0.446. The predicted molar refractivity (Wildman–Crippen MR) is 73.4 cm³/mol. The van der Waals surface area contributed by atoms with Gasteiger partial charge in [0, 0.05) is 20.1 Å². The van der Waals surface area contributed by atoms with Gasteiger partial charge < -0.3 is 16.0 Å². The highest BCUT2D eigenvalue weighted by molar-refractivity contribution is 5.91. The van der Waals surface area contributed by atoms with Crippen molar-refractivity contribution in [3.63, 3.8) is 0 Å². The molecule has 2 amide bonds. The second-order valence-corrected chi connectivity index (χ2v) is 5.97. The van der Waals surface area contributed by atoms with E-state index in [9.17, 15) is 9.59 Å². The maximum Gasteiger partial charge on any atom is 0.244 e. The van der Waals surface area contributed by atoms with Crippen LogP contribution in [0.2, 0.25) is 0 Å². The summed E-state index contributed by atoms with van der Waals surface area (Å²) in [5.41, 5.74) is 5.44. The number of nitrogens with one attached hydrogen (secondary N) is 1. The fraction of sp³-hybridized carbons (Fsp3) is 0.857. The number of nitrogens with zero attached hydrogens (tertiary/aromatic N) is 1. The third kappa shape index (κ3) is 2.91. The molecule has 0 aromatic carbocycles. The van der Waals surface area contributed by atoms with Gasteiger partial charge in [0.25, 0.3) is 0 Å². The van der Waals surface area contributed by atoms with Crippen molar-refractivity contribution >= 4 is 11.8 Å². The number of hydrogen-bond acceptors (Lipinski definition) is 3. The normalized spacial score (nSPS) is 27.2. The van der Waals surface area contributed by atoms with E-state index in [1.807, 2.05) is 0 Å². The third-order valence-corrected chi connectivity index (χ3v) is 4.67. The van der Waals surface area contributed by atoms with Crippen LogP contribution in [0.1, 0.15) is 44.9 Å². The zero-order chi connectivity index (χ0) is 13.9. The van der Waals surface area contributed by atoms with Gasteiger partial charge in [0.2, 0.25) is 11.8 Å². The summed E-state index contributed by atoms with van der Waals surface area (Å²) >= 11 is 0. The number of likely N-dealkylation sites (tertiary alicyclic amines) is 1. The van der Waals surface area contributed by atoms with Gasteiger partial charge in [-0.3, -0.25) is 9.59 Å². The van der Waals surface area contributed by atoms with E-state index in [1.54, 1.807) is 11.9 Å². The number of hydrogen-bond donors (Lipinski definition) is 2. The molecule has 1 heterocycles. The minimum absolute atomic E-state index is 0.00875. The SMILES string of the molecule is CN1CCC(NC(=O)C2(CN)CCCCCC2)C1=O. The van der Waals surface area contributed by atoms with Crippen molar-refractivity contribution in [1.82, 2.24) is 10.2 Å². The molecule has 1 aliphatic carbocycles. The molecule has 0 aromatic heterocycles. The Kier molecular flexibility index (Phi) is 4.45. The van der Waals surface area contributed by atoms with E-state index >= 15 is 0 Å². The molecule has 0 spiro atoms. The van der Waals surface area contributed by atoms with Crippen molar-refractivity contribution in [2.75, 3.05) is 20.1 Å². The number of nitrogens with two attached hydrogens (primary N) is 1. The van der Waals surface area contributed by atoms with Crippen molar-refractivity contribution in [2.24, 2.45) is 11.1 Å². The number of amides is 2. The van der Waals surface area contributed by atoms with Gasteiger partial charge in [-0.25, -0.2) is 0 Å². The molecule has 0 radical (unpaired) electrons. The highest BCUT2D eigenvalue weighted by Crippen LogP contribution is 2.34. The standard InChI is InChI=1S/C14H25N3O2/c1-17-9-6-11(12(17)18)16-13(19)14(10-15)7-4-2-3-5-8-14/h11H,2-10,15H2,1H3,(H,16,19). The zero-order valence-electron chi connectivity index (χ0n) is 11.8. The van der Waals surface area contributed by atoms with E-state index in [2.05, 4.69) is 5.32 Å². The molecule has 2 fully saturated rings. The molecule has 2 rings (SSSR count). The summed E-state index contributed by atoms with van der Waals surface area (Å²) in [6, 6.07) is -0.343. The lowest BCUT2D eigenvalue weighted by Crippen LogP contribution is -2.51. The van der Waals surface area contributed by atoms with E-state index in [4.69, 9.17) is 5.73 Å². The highest BCUT2D eigenvalue weighted by atomic mass is 16.2. The van der Waals surface area contributed by atoms with Gasteiger partial charge in [0.05, 0.1) is 5.41 Å². The van der Waals surface area contributed by atoms with Crippen LogP contribution < -0.4 is 11.1 Å². The molecule has 1 atom stereocenters. The molecule has 5 heteroatoms. The molecule has 108 valence electrons. The van der Waals surface area contributed by atoms with E-state index in [1.165, 1.54) is 12.8 Å². The Hall–Kier alpha value is -1.10. The monoisotopic (exact) mass is 267 g/mol. The fourth-order valence-electron chi connectivity index (χ4n) is 3.20. The number of likely N-dealkylation sites (N-methyl/N-ethyl adjacent to an activating group) is 1. The van der Waals surface area contributed by atoms with Gasteiger partial charge in [-0.15, -0.1) is 0 Å². The lowest BCUT2D eigenvalue weighted by atomic mass is 9.79. The third-order valence-electron chi connectivity index (χ3n) is 4.67. The molecule has 19 heavy (non-hydrogen) atoms. The first kappa shape index (κ1) is 14.3. The Morgan fingerprint density at radius 2 is 2.00 bits per heavy atom. The second-order valence-electron chi connectivity index (χ2n) is 5.97. The average Bonchev–Trinajstić information content (AvgIpc) is 2.64. The molecule has 1 saturated carbocycles. The molecular formula is C14H25N3O2. The van der Waals surface area contributed by atoms with Crippen molar-refractivity contribution in [1.29, 1.82) is 0 Å². The molecule has 1 unspecified atom stereocenters. The van der Waals surface area contributed by atoms with Gasteiger partial charge in [-0.05, 0) is 19.3 Å². The maximum absolute atomic E-state index is 12.6. The first-order chi connectivity index (χ1) is 9.09. The second kappa shape index (κ2) is 5.90. The highest BCUT2D eigenvalue weighted by Gasteiger charge is 2.40. The summed E-state index contributed by atoms with van der Waals surface area (Å²) in [7, 11) is 1.78.